The minimum atomic E-state index is -0.00313. The fourth-order valence-corrected chi connectivity index (χ4v) is 1.29. The number of aliphatic hydroxyl groups is 1. The Bertz CT molecular complexity index is 350. The van der Waals surface area contributed by atoms with E-state index < -0.39 is 0 Å². The quantitative estimate of drug-likeness (QED) is 0.706. The van der Waals surface area contributed by atoms with E-state index in [1.807, 2.05) is 6.07 Å². The van der Waals surface area contributed by atoms with Crippen LogP contribution in [0.2, 0.25) is 0 Å². The van der Waals surface area contributed by atoms with Crippen molar-refractivity contribution in [3.8, 4) is 0 Å². The highest BCUT2D eigenvalue weighted by Gasteiger charge is 2.15. The molecule has 0 atom stereocenters. The van der Waals surface area contributed by atoms with E-state index in [1.54, 1.807) is 6.07 Å². The first-order valence-corrected chi connectivity index (χ1v) is 5.58. The Morgan fingerprint density at radius 1 is 1.44 bits per heavy atom. The molecule has 0 aliphatic heterocycles. The highest BCUT2D eigenvalue weighted by Crippen LogP contribution is 2.12. The summed E-state index contributed by atoms with van der Waals surface area (Å²) in [6.45, 7) is 7.03. The summed E-state index contributed by atoms with van der Waals surface area (Å²) in [6, 6.07) is 3.53. The van der Waals surface area contributed by atoms with Crippen molar-refractivity contribution in [2.45, 2.75) is 45.9 Å². The second-order valence-corrected chi connectivity index (χ2v) is 4.59. The average molecular weight is 223 g/mol. The van der Waals surface area contributed by atoms with Crippen molar-refractivity contribution in [3.05, 3.63) is 23.4 Å². The predicted octanol–water partition coefficient (Wildman–Crippen LogP) is 1.43. The number of pyridine rings is 1. The number of hydrogen-bond donors (Lipinski definition) is 3. The fourth-order valence-electron chi connectivity index (χ4n) is 1.29. The zero-order valence-electron chi connectivity index (χ0n) is 10.2. The van der Waals surface area contributed by atoms with Crippen molar-refractivity contribution in [2.24, 2.45) is 0 Å². The minimum Gasteiger partial charge on any atom is -0.392 e. The first-order valence-electron chi connectivity index (χ1n) is 5.58. The average Bonchev–Trinajstić information content (AvgIpc) is 2.27. The normalized spacial score (nSPS) is 11.8. The first-order chi connectivity index (χ1) is 7.48. The summed E-state index contributed by atoms with van der Waals surface area (Å²) in [7, 11) is 0. The third kappa shape index (κ3) is 3.47. The Kier molecular flexibility index (Phi) is 4.26. The van der Waals surface area contributed by atoms with Gasteiger partial charge in [0.25, 0.3) is 0 Å². The zero-order valence-corrected chi connectivity index (χ0v) is 10.2. The maximum absolute atomic E-state index is 9.19. The Balaban J connectivity index is 2.76. The van der Waals surface area contributed by atoms with Crippen molar-refractivity contribution in [2.75, 3.05) is 5.73 Å². The van der Waals surface area contributed by atoms with E-state index in [-0.39, 0.29) is 12.1 Å². The van der Waals surface area contributed by atoms with Gasteiger partial charge >= 0.3 is 0 Å². The van der Waals surface area contributed by atoms with Gasteiger partial charge in [0.05, 0.1) is 12.3 Å². The van der Waals surface area contributed by atoms with Gasteiger partial charge in [-0.05, 0) is 26.3 Å². The molecule has 0 amide bonds. The van der Waals surface area contributed by atoms with Crippen LogP contribution < -0.4 is 11.1 Å². The fraction of sp³-hybridized carbons (Fsp3) is 0.583. The van der Waals surface area contributed by atoms with Crippen LogP contribution in [0.5, 0.6) is 0 Å². The molecule has 0 bridgehead atoms. The molecule has 90 valence electrons. The smallest absolute Gasteiger partial charge is 0.123 e. The predicted molar refractivity (Wildman–Crippen MR) is 65.8 cm³/mol. The van der Waals surface area contributed by atoms with E-state index in [2.05, 4.69) is 31.1 Å². The number of nitrogens with two attached hydrogens (primary N) is 1. The molecule has 4 nitrogen and oxygen atoms in total. The van der Waals surface area contributed by atoms with Crippen LogP contribution in [0.1, 0.15) is 38.4 Å². The van der Waals surface area contributed by atoms with Crippen LogP contribution in [0.25, 0.3) is 0 Å². The van der Waals surface area contributed by atoms with Gasteiger partial charge < -0.3 is 16.2 Å². The number of nitrogens with zero attached hydrogens (tertiary/aromatic N) is 1. The molecule has 0 spiro atoms. The Hall–Kier alpha value is -1.13. The summed E-state index contributed by atoms with van der Waals surface area (Å²) >= 11 is 0. The van der Waals surface area contributed by atoms with Crippen LogP contribution in [0.3, 0.4) is 0 Å². The minimum absolute atomic E-state index is 0.00313. The van der Waals surface area contributed by atoms with Crippen LogP contribution >= 0.6 is 0 Å². The molecule has 0 aliphatic rings. The number of rotatable bonds is 5. The van der Waals surface area contributed by atoms with E-state index >= 15 is 0 Å². The largest absolute Gasteiger partial charge is 0.392 e. The van der Waals surface area contributed by atoms with Crippen LogP contribution in [0.4, 0.5) is 5.82 Å². The molecular formula is C12H21N3O. The highest BCUT2D eigenvalue weighted by atomic mass is 16.3. The van der Waals surface area contributed by atoms with Crippen LogP contribution in [0, 0.1) is 0 Å². The summed E-state index contributed by atoms with van der Waals surface area (Å²) in [5, 5.41) is 12.6. The summed E-state index contributed by atoms with van der Waals surface area (Å²) < 4.78 is 0. The summed E-state index contributed by atoms with van der Waals surface area (Å²) in [5.74, 6) is 0.489. The van der Waals surface area contributed by atoms with E-state index in [4.69, 9.17) is 5.73 Å². The zero-order chi connectivity index (χ0) is 12.2. The van der Waals surface area contributed by atoms with Gasteiger partial charge in [0.1, 0.15) is 5.82 Å². The molecule has 1 aromatic heterocycles. The number of hydrogen-bond acceptors (Lipinski definition) is 4. The lowest BCUT2D eigenvalue weighted by molar-refractivity contribution is 0.278. The van der Waals surface area contributed by atoms with E-state index in [0.29, 0.717) is 12.4 Å². The first kappa shape index (κ1) is 12.9. The van der Waals surface area contributed by atoms with Gasteiger partial charge in [-0.3, -0.25) is 0 Å². The number of aliphatic hydroxyl groups excluding tert-OH is 1. The molecular weight excluding hydrogens is 202 g/mol. The number of nitrogen functional groups attached to an aromatic ring is 1. The SMILES string of the molecule is CCC(C)(C)NCc1nc(N)ccc1CO. The summed E-state index contributed by atoms with van der Waals surface area (Å²) in [6.07, 6.45) is 1.03. The second kappa shape index (κ2) is 5.27. The molecule has 4 heteroatoms. The summed E-state index contributed by atoms with van der Waals surface area (Å²) in [4.78, 5) is 4.24. The number of aromatic nitrogens is 1. The molecule has 0 aliphatic carbocycles. The van der Waals surface area contributed by atoms with Gasteiger partial charge in [-0.1, -0.05) is 13.0 Å². The summed E-state index contributed by atoms with van der Waals surface area (Å²) in [5.41, 5.74) is 7.35. The Morgan fingerprint density at radius 3 is 2.69 bits per heavy atom. The Morgan fingerprint density at radius 2 is 2.12 bits per heavy atom. The molecule has 0 fully saturated rings. The lowest BCUT2D eigenvalue weighted by Gasteiger charge is -2.24. The maximum Gasteiger partial charge on any atom is 0.123 e. The number of anilines is 1. The van der Waals surface area contributed by atoms with E-state index in [1.165, 1.54) is 0 Å². The molecule has 0 aromatic carbocycles. The van der Waals surface area contributed by atoms with Gasteiger partial charge in [-0.2, -0.15) is 0 Å². The van der Waals surface area contributed by atoms with Crippen molar-refractivity contribution >= 4 is 5.82 Å². The molecule has 0 radical (unpaired) electrons. The molecule has 0 saturated carbocycles. The molecule has 0 saturated heterocycles. The molecule has 4 N–H and O–H groups in total. The van der Waals surface area contributed by atoms with Gasteiger partial charge in [-0.15, -0.1) is 0 Å². The highest BCUT2D eigenvalue weighted by molar-refractivity contribution is 5.33. The Labute approximate surface area is 96.9 Å². The lowest BCUT2D eigenvalue weighted by Crippen LogP contribution is -2.38. The molecule has 1 rings (SSSR count). The third-order valence-electron chi connectivity index (χ3n) is 2.88. The van der Waals surface area contributed by atoms with Crippen molar-refractivity contribution in [1.82, 2.24) is 10.3 Å². The van der Waals surface area contributed by atoms with Gasteiger partial charge in [0, 0.05) is 17.6 Å². The van der Waals surface area contributed by atoms with Crippen LogP contribution in [-0.4, -0.2) is 15.6 Å². The maximum atomic E-state index is 9.19. The van der Waals surface area contributed by atoms with Crippen LogP contribution in [0.15, 0.2) is 12.1 Å². The lowest BCUT2D eigenvalue weighted by atomic mass is 10.0. The van der Waals surface area contributed by atoms with E-state index in [9.17, 15) is 5.11 Å². The van der Waals surface area contributed by atoms with Gasteiger partial charge in [-0.25, -0.2) is 4.98 Å². The van der Waals surface area contributed by atoms with E-state index in [0.717, 1.165) is 17.7 Å². The number of nitrogens with one attached hydrogen (secondary N) is 1. The second-order valence-electron chi connectivity index (χ2n) is 4.59. The topological polar surface area (TPSA) is 71.2 Å². The molecule has 0 unspecified atom stereocenters. The standard InChI is InChI=1S/C12H21N3O/c1-4-12(2,3)14-7-10-9(8-16)5-6-11(13)15-10/h5-6,14,16H,4,7-8H2,1-3H3,(H2,13,15). The van der Waals surface area contributed by atoms with Crippen LogP contribution in [-0.2, 0) is 13.2 Å². The van der Waals surface area contributed by atoms with Gasteiger partial charge in [0.15, 0.2) is 0 Å². The van der Waals surface area contributed by atoms with Crippen molar-refractivity contribution in [3.63, 3.8) is 0 Å². The monoisotopic (exact) mass is 223 g/mol. The molecule has 1 heterocycles. The molecule has 1 aromatic rings. The van der Waals surface area contributed by atoms with Crippen molar-refractivity contribution in [1.29, 1.82) is 0 Å². The third-order valence-corrected chi connectivity index (χ3v) is 2.88. The van der Waals surface area contributed by atoms with Gasteiger partial charge in [0.2, 0.25) is 0 Å². The van der Waals surface area contributed by atoms with Crippen molar-refractivity contribution < 1.29 is 5.11 Å². The molecule has 16 heavy (non-hydrogen) atoms.